The molecule has 0 aliphatic heterocycles. The first-order valence-electron chi connectivity index (χ1n) is 9.03. The van der Waals surface area contributed by atoms with Crippen molar-refractivity contribution in [2.45, 2.75) is 20.3 Å². The maximum atomic E-state index is 12.1. The molecular formula is C21H25NO6. The van der Waals surface area contributed by atoms with Gasteiger partial charge in [-0.1, -0.05) is 12.1 Å². The minimum Gasteiger partial charge on any atom is -0.497 e. The number of hydrogen-bond donors (Lipinski definition) is 1. The van der Waals surface area contributed by atoms with Gasteiger partial charge in [0.2, 0.25) is 0 Å². The molecule has 28 heavy (non-hydrogen) atoms. The number of anilines is 1. The Balaban J connectivity index is 1.87. The Bertz CT molecular complexity index is 805. The van der Waals surface area contributed by atoms with Crippen LogP contribution >= 0.6 is 0 Å². The highest BCUT2D eigenvalue weighted by molar-refractivity contribution is 5.93. The van der Waals surface area contributed by atoms with Gasteiger partial charge in [-0.3, -0.25) is 9.59 Å². The standard InChI is InChI=1S/C21H25NO6/c1-4-26-18-10-9-16(13-19(18)27-5-2)22-20(23)14-28-21(24)12-15-7-6-8-17(11-15)25-3/h6-11,13H,4-5,12,14H2,1-3H3,(H,22,23). The fourth-order valence-electron chi connectivity index (χ4n) is 2.47. The third kappa shape index (κ3) is 6.50. The molecule has 7 nitrogen and oxygen atoms in total. The fraction of sp³-hybridized carbons (Fsp3) is 0.333. The number of esters is 1. The monoisotopic (exact) mass is 387 g/mol. The summed E-state index contributed by atoms with van der Waals surface area (Å²) in [4.78, 5) is 24.0. The van der Waals surface area contributed by atoms with E-state index in [4.69, 9.17) is 18.9 Å². The molecule has 0 saturated carbocycles. The zero-order valence-corrected chi connectivity index (χ0v) is 16.3. The lowest BCUT2D eigenvalue weighted by molar-refractivity contribution is -0.146. The summed E-state index contributed by atoms with van der Waals surface area (Å²) >= 11 is 0. The predicted octanol–water partition coefficient (Wildman–Crippen LogP) is 3.22. The van der Waals surface area contributed by atoms with Crippen LogP contribution < -0.4 is 19.5 Å². The summed E-state index contributed by atoms with van der Waals surface area (Å²) in [5.41, 5.74) is 1.28. The number of ether oxygens (including phenoxy) is 4. The molecule has 0 radical (unpaired) electrons. The van der Waals surface area contributed by atoms with Crippen LogP contribution in [-0.2, 0) is 20.7 Å². The van der Waals surface area contributed by atoms with Crippen LogP contribution in [0.4, 0.5) is 5.69 Å². The zero-order valence-electron chi connectivity index (χ0n) is 16.3. The van der Waals surface area contributed by atoms with Gasteiger partial charge in [0.15, 0.2) is 18.1 Å². The van der Waals surface area contributed by atoms with Crippen molar-refractivity contribution in [2.24, 2.45) is 0 Å². The molecule has 2 rings (SSSR count). The van der Waals surface area contributed by atoms with Gasteiger partial charge < -0.3 is 24.3 Å². The Kier molecular flexibility index (Phi) is 8.14. The van der Waals surface area contributed by atoms with Crippen molar-refractivity contribution in [1.82, 2.24) is 0 Å². The van der Waals surface area contributed by atoms with Gasteiger partial charge in [0.05, 0.1) is 26.7 Å². The van der Waals surface area contributed by atoms with E-state index >= 15 is 0 Å². The minimum absolute atomic E-state index is 0.0576. The van der Waals surface area contributed by atoms with E-state index in [0.29, 0.717) is 36.1 Å². The van der Waals surface area contributed by atoms with Crippen molar-refractivity contribution in [3.05, 3.63) is 48.0 Å². The first-order chi connectivity index (χ1) is 13.5. The van der Waals surface area contributed by atoms with Gasteiger partial charge in [-0.2, -0.15) is 0 Å². The minimum atomic E-state index is -0.495. The van der Waals surface area contributed by atoms with Gasteiger partial charge in [0.25, 0.3) is 5.91 Å². The van der Waals surface area contributed by atoms with Crippen molar-refractivity contribution in [1.29, 1.82) is 0 Å². The Hall–Kier alpha value is -3.22. The molecule has 0 atom stereocenters. The summed E-state index contributed by atoms with van der Waals surface area (Å²) in [6, 6.07) is 12.2. The van der Waals surface area contributed by atoms with Gasteiger partial charge in [-0.25, -0.2) is 0 Å². The average Bonchev–Trinajstić information content (AvgIpc) is 2.69. The molecule has 0 heterocycles. The highest BCUT2D eigenvalue weighted by Gasteiger charge is 2.11. The van der Waals surface area contributed by atoms with Crippen LogP contribution in [0.15, 0.2) is 42.5 Å². The number of methoxy groups -OCH3 is 1. The van der Waals surface area contributed by atoms with Crippen LogP contribution in [0.3, 0.4) is 0 Å². The molecule has 150 valence electrons. The number of carbonyl (C=O) groups excluding carboxylic acids is 2. The van der Waals surface area contributed by atoms with Gasteiger partial charge >= 0.3 is 5.97 Å². The summed E-state index contributed by atoms with van der Waals surface area (Å²) in [7, 11) is 1.56. The van der Waals surface area contributed by atoms with Gasteiger partial charge in [0.1, 0.15) is 5.75 Å². The second-order valence-corrected chi connectivity index (χ2v) is 5.76. The smallest absolute Gasteiger partial charge is 0.310 e. The SMILES string of the molecule is CCOc1ccc(NC(=O)COC(=O)Cc2cccc(OC)c2)cc1OCC. The van der Waals surface area contributed by atoms with Crippen LogP contribution in [-0.4, -0.2) is 38.8 Å². The van der Waals surface area contributed by atoms with E-state index < -0.39 is 11.9 Å². The number of amides is 1. The van der Waals surface area contributed by atoms with Crippen molar-refractivity contribution in [3.8, 4) is 17.2 Å². The summed E-state index contributed by atoms with van der Waals surface area (Å²) in [5, 5.41) is 2.68. The maximum Gasteiger partial charge on any atom is 0.310 e. The Labute approximate surface area is 164 Å². The zero-order chi connectivity index (χ0) is 20.4. The fourth-order valence-corrected chi connectivity index (χ4v) is 2.47. The third-order valence-electron chi connectivity index (χ3n) is 3.67. The predicted molar refractivity (Wildman–Crippen MR) is 105 cm³/mol. The average molecular weight is 387 g/mol. The Morgan fingerprint density at radius 1 is 0.964 bits per heavy atom. The largest absolute Gasteiger partial charge is 0.497 e. The van der Waals surface area contributed by atoms with Crippen molar-refractivity contribution in [2.75, 3.05) is 32.2 Å². The highest BCUT2D eigenvalue weighted by atomic mass is 16.5. The molecule has 7 heteroatoms. The van der Waals surface area contributed by atoms with Gasteiger partial charge in [0, 0.05) is 11.8 Å². The molecule has 0 aromatic heterocycles. The number of hydrogen-bond acceptors (Lipinski definition) is 6. The van der Waals surface area contributed by atoms with E-state index in [1.54, 1.807) is 49.6 Å². The summed E-state index contributed by atoms with van der Waals surface area (Å²) in [6.45, 7) is 4.35. The Morgan fingerprint density at radius 3 is 2.43 bits per heavy atom. The van der Waals surface area contributed by atoms with E-state index in [0.717, 1.165) is 5.56 Å². The normalized spacial score (nSPS) is 10.1. The van der Waals surface area contributed by atoms with Crippen molar-refractivity contribution in [3.63, 3.8) is 0 Å². The van der Waals surface area contributed by atoms with Crippen LogP contribution in [0.25, 0.3) is 0 Å². The molecule has 0 bridgehead atoms. The second-order valence-electron chi connectivity index (χ2n) is 5.76. The highest BCUT2D eigenvalue weighted by Crippen LogP contribution is 2.30. The lowest BCUT2D eigenvalue weighted by atomic mass is 10.1. The van der Waals surface area contributed by atoms with Crippen LogP contribution in [0, 0.1) is 0 Å². The summed E-state index contributed by atoms with van der Waals surface area (Å²) < 4.78 is 21.2. The molecule has 0 unspecified atom stereocenters. The third-order valence-corrected chi connectivity index (χ3v) is 3.67. The van der Waals surface area contributed by atoms with Crippen LogP contribution in [0.2, 0.25) is 0 Å². The van der Waals surface area contributed by atoms with E-state index in [2.05, 4.69) is 5.32 Å². The van der Waals surface area contributed by atoms with E-state index in [1.165, 1.54) is 0 Å². The van der Waals surface area contributed by atoms with Gasteiger partial charge in [-0.05, 0) is 43.7 Å². The van der Waals surface area contributed by atoms with Crippen molar-refractivity contribution < 1.29 is 28.5 Å². The van der Waals surface area contributed by atoms with Crippen LogP contribution in [0.5, 0.6) is 17.2 Å². The molecule has 1 N–H and O–H groups in total. The van der Waals surface area contributed by atoms with E-state index in [-0.39, 0.29) is 13.0 Å². The van der Waals surface area contributed by atoms with Gasteiger partial charge in [-0.15, -0.1) is 0 Å². The number of nitrogens with one attached hydrogen (secondary N) is 1. The second kappa shape index (κ2) is 10.8. The molecular weight excluding hydrogens is 362 g/mol. The number of benzene rings is 2. The van der Waals surface area contributed by atoms with E-state index in [1.807, 2.05) is 13.8 Å². The summed E-state index contributed by atoms with van der Waals surface area (Å²) in [6.07, 6.45) is 0.0576. The topological polar surface area (TPSA) is 83.1 Å². The molecule has 0 aliphatic rings. The molecule has 2 aromatic carbocycles. The first kappa shape index (κ1) is 21.1. The Morgan fingerprint density at radius 2 is 1.71 bits per heavy atom. The lowest BCUT2D eigenvalue weighted by Crippen LogP contribution is -2.21. The molecule has 1 amide bonds. The molecule has 0 aliphatic carbocycles. The summed E-state index contributed by atoms with van der Waals surface area (Å²) in [5.74, 6) is 0.864. The maximum absolute atomic E-state index is 12.1. The van der Waals surface area contributed by atoms with E-state index in [9.17, 15) is 9.59 Å². The van der Waals surface area contributed by atoms with Crippen LogP contribution in [0.1, 0.15) is 19.4 Å². The molecule has 0 saturated heterocycles. The molecule has 0 fully saturated rings. The first-order valence-corrected chi connectivity index (χ1v) is 9.03. The molecule has 0 spiro atoms. The quantitative estimate of drug-likeness (QED) is 0.631. The number of carbonyl (C=O) groups is 2. The number of rotatable bonds is 10. The molecule has 2 aromatic rings. The lowest BCUT2D eigenvalue weighted by Gasteiger charge is -2.13. The van der Waals surface area contributed by atoms with Crippen molar-refractivity contribution >= 4 is 17.6 Å².